The second-order valence-electron chi connectivity index (χ2n) is 6.13. The van der Waals surface area contributed by atoms with Gasteiger partial charge in [-0.1, -0.05) is 6.07 Å². The van der Waals surface area contributed by atoms with Gasteiger partial charge in [0.2, 0.25) is 0 Å². The summed E-state index contributed by atoms with van der Waals surface area (Å²) in [6, 6.07) is 10.4. The first-order valence-electron chi connectivity index (χ1n) is 9.07. The molecule has 0 atom stereocenters. The molecule has 2 aromatic heterocycles. The standard InChI is InChI=1S/C21H23FN4OS/c1-3-24-21(26-14-20-15(2)8-10-28-20)25-12-16-6-7-19(18(22)11-16)27-17-5-4-9-23-13-17/h4-11,13H,3,12,14H2,1-2H3,(H2,24,25,26). The van der Waals surface area contributed by atoms with Crippen molar-refractivity contribution in [3.05, 3.63) is 76.0 Å². The molecule has 3 aromatic rings. The van der Waals surface area contributed by atoms with Crippen LogP contribution in [0.1, 0.15) is 22.9 Å². The minimum Gasteiger partial charge on any atom is -0.453 e. The molecule has 0 aliphatic heterocycles. The lowest BCUT2D eigenvalue weighted by atomic mass is 10.2. The molecule has 5 nitrogen and oxygen atoms in total. The molecule has 0 fully saturated rings. The molecule has 146 valence electrons. The van der Waals surface area contributed by atoms with E-state index in [1.165, 1.54) is 16.5 Å². The number of nitrogens with one attached hydrogen (secondary N) is 2. The van der Waals surface area contributed by atoms with Crippen LogP contribution in [0.25, 0.3) is 0 Å². The zero-order valence-electron chi connectivity index (χ0n) is 15.9. The van der Waals surface area contributed by atoms with Crippen LogP contribution in [0.4, 0.5) is 4.39 Å². The molecule has 0 saturated carbocycles. The van der Waals surface area contributed by atoms with Gasteiger partial charge in [-0.25, -0.2) is 9.38 Å². The lowest BCUT2D eigenvalue weighted by Gasteiger charge is -2.11. The number of halogens is 1. The Morgan fingerprint density at radius 1 is 1.25 bits per heavy atom. The van der Waals surface area contributed by atoms with E-state index in [2.05, 4.69) is 39.0 Å². The van der Waals surface area contributed by atoms with Gasteiger partial charge in [-0.05, 0) is 60.7 Å². The van der Waals surface area contributed by atoms with Crippen LogP contribution < -0.4 is 15.4 Å². The topological polar surface area (TPSA) is 58.5 Å². The summed E-state index contributed by atoms with van der Waals surface area (Å²) < 4.78 is 19.9. The molecule has 7 heteroatoms. The third kappa shape index (κ3) is 5.53. The maximum Gasteiger partial charge on any atom is 0.191 e. The van der Waals surface area contributed by atoms with E-state index in [4.69, 9.17) is 4.74 Å². The second-order valence-corrected chi connectivity index (χ2v) is 7.13. The largest absolute Gasteiger partial charge is 0.453 e. The van der Waals surface area contributed by atoms with Gasteiger partial charge in [0.25, 0.3) is 0 Å². The van der Waals surface area contributed by atoms with Gasteiger partial charge in [0.1, 0.15) is 5.75 Å². The maximum atomic E-state index is 14.4. The van der Waals surface area contributed by atoms with E-state index in [0.717, 1.165) is 12.1 Å². The summed E-state index contributed by atoms with van der Waals surface area (Å²) in [6.07, 6.45) is 3.18. The molecule has 2 heterocycles. The molecule has 0 aliphatic rings. The Labute approximate surface area is 168 Å². The quantitative estimate of drug-likeness (QED) is 0.450. The molecule has 3 rings (SSSR count). The monoisotopic (exact) mass is 398 g/mol. The fourth-order valence-corrected chi connectivity index (χ4v) is 3.37. The number of benzene rings is 1. The molecule has 0 bridgehead atoms. The molecule has 0 radical (unpaired) electrons. The third-order valence-electron chi connectivity index (χ3n) is 4.01. The van der Waals surface area contributed by atoms with E-state index in [1.807, 2.05) is 13.0 Å². The van der Waals surface area contributed by atoms with Crippen LogP contribution in [0.5, 0.6) is 11.5 Å². The Hall–Kier alpha value is -2.93. The van der Waals surface area contributed by atoms with Crippen LogP contribution >= 0.6 is 11.3 Å². The van der Waals surface area contributed by atoms with Crippen molar-refractivity contribution in [2.24, 2.45) is 4.99 Å². The van der Waals surface area contributed by atoms with E-state index in [9.17, 15) is 4.39 Å². The number of hydrogen-bond donors (Lipinski definition) is 2. The van der Waals surface area contributed by atoms with Crippen LogP contribution in [-0.4, -0.2) is 17.5 Å². The predicted octanol–water partition coefficient (Wildman–Crippen LogP) is 4.64. The first-order chi connectivity index (χ1) is 13.7. The number of rotatable bonds is 7. The minimum absolute atomic E-state index is 0.166. The van der Waals surface area contributed by atoms with E-state index in [1.54, 1.807) is 41.9 Å². The van der Waals surface area contributed by atoms with E-state index >= 15 is 0 Å². The predicted molar refractivity (Wildman–Crippen MR) is 111 cm³/mol. The van der Waals surface area contributed by atoms with Crippen LogP contribution in [-0.2, 0) is 13.1 Å². The average molecular weight is 399 g/mol. The highest BCUT2D eigenvalue weighted by Crippen LogP contribution is 2.24. The van der Waals surface area contributed by atoms with Gasteiger partial charge >= 0.3 is 0 Å². The van der Waals surface area contributed by atoms with Crippen molar-refractivity contribution in [1.82, 2.24) is 15.6 Å². The van der Waals surface area contributed by atoms with Gasteiger partial charge in [0.05, 0.1) is 19.3 Å². The second kappa shape index (κ2) is 9.85. The smallest absolute Gasteiger partial charge is 0.191 e. The van der Waals surface area contributed by atoms with Crippen molar-refractivity contribution in [2.75, 3.05) is 6.54 Å². The fourth-order valence-electron chi connectivity index (χ4n) is 2.52. The number of guanidine groups is 1. The van der Waals surface area contributed by atoms with E-state index < -0.39 is 5.82 Å². The van der Waals surface area contributed by atoms with E-state index in [0.29, 0.717) is 24.8 Å². The Morgan fingerprint density at radius 2 is 2.14 bits per heavy atom. The van der Waals surface area contributed by atoms with Crippen molar-refractivity contribution in [2.45, 2.75) is 26.9 Å². The Morgan fingerprint density at radius 3 is 2.82 bits per heavy atom. The van der Waals surface area contributed by atoms with Gasteiger partial charge in [0.15, 0.2) is 17.5 Å². The van der Waals surface area contributed by atoms with Gasteiger partial charge in [-0.15, -0.1) is 11.3 Å². The molecule has 0 saturated heterocycles. The molecule has 0 spiro atoms. The zero-order valence-corrected chi connectivity index (χ0v) is 16.7. The number of pyridine rings is 1. The number of ether oxygens (including phenoxy) is 1. The summed E-state index contributed by atoms with van der Waals surface area (Å²) in [6.45, 7) is 5.93. The van der Waals surface area contributed by atoms with E-state index in [-0.39, 0.29) is 5.75 Å². The van der Waals surface area contributed by atoms with Crippen molar-refractivity contribution < 1.29 is 9.13 Å². The van der Waals surface area contributed by atoms with Crippen molar-refractivity contribution >= 4 is 17.3 Å². The molecule has 2 N–H and O–H groups in total. The lowest BCUT2D eigenvalue weighted by molar-refractivity contribution is 0.440. The lowest BCUT2D eigenvalue weighted by Crippen LogP contribution is -2.36. The summed E-state index contributed by atoms with van der Waals surface area (Å²) in [5.41, 5.74) is 2.03. The van der Waals surface area contributed by atoms with Crippen molar-refractivity contribution in [3.8, 4) is 11.5 Å². The van der Waals surface area contributed by atoms with Crippen LogP contribution in [0, 0.1) is 12.7 Å². The number of nitrogens with zero attached hydrogens (tertiary/aromatic N) is 2. The van der Waals surface area contributed by atoms with Crippen molar-refractivity contribution in [1.29, 1.82) is 0 Å². The van der Waals surface area contributed by atoms with Gasteiger partial charge < -0.3 is 15.4 Å². The molecule has 1 aromatic carbocycles. The Bertz CT molecular complexity index is 927. The zero-order chi connectivity index (χ0) is 19.8. The first kappa shape index (κ1) is 19.8. The van der Waals surface area contributed by atoms with Crippen molar-refractivity contribution in [3.63, 3.8) is 0 Å². The van der Waals surface area contributed by atoms with Gasteiger partial charge in [-0.2, -0.15) is 0 Å². The maximum absolute atomic E-state index is 14.4. The highest BCUT2D eigenvalue weighted by atomic mass is 32.1. The summed E-state index contributed by atoms with van der Waals surface area (Å²) in [7, 11) is 0. The first-order valence-corrected chi connectivity index (χ1v) is 9.95. The fraction of sp³-hybridized carbons (Fsp3) is 0.238. The van der Waals surface area contributed by atoms with Crippen LogP contribution in [0.3, 0.4) is 0 Å². The summed E-state index contributed by atoms with van der Waals surface area (Å²) >= 11 is 1.72. The number of aliphatic imine (C=N–C) groups is 1. The molecule has 0 amide bonds. The number of thiophene rings is 1. The normalized spacial score (nSPS) is 11.3. The summed E-state index contributed by atoms with van der Waals surface area (Å²) in [5, 5.41) is 8.61. The highest BCUT2D eigenvalue weighted by Gasteiger charge is 2.07. The average Bonchev–Trinajstić information content (AvgIpc) is 3.11. The van der Waals surface area contributed by atoms with Gasteiger partial charge in [-0.3, -0.25) is 4.98 Å². The highest BCUT2D eigenvalue weighted by molar-refractivity contribution is 7.10. The molecule has 0 aliphatic carbocycles. The molecule has 28 heavy (non-hydrogen) atoms. The summed E-state index contributed by atoms with van der Waals surface area (Å²) in [5.74, 6) is 0.934. The third-order valence-corrected chi connectivity index (χ3v) is 5.03. The Balaban J connectivity index is 1.63. The molecule has 0 unspecified atom stereocenters. The number of aromatic nitrogens is 1. The van der Waals surface area contributed by atoms with Crippen LogP contribution in [0.15, 0.2) is 59.2 Å². The van der Waals surface area contributed by atoms with Gasteiger partial charge in [0, 0.05) is 17.6 Å². The minimum atomic E-state index is -0.427. The molecular weight excluding hydrogens is 375 g/mol. The SMILES string of the molecule is CCNC(=NCc1ccc(Oc2cccnc2)c(F)c1)NCc1sccc1C. The molecular formula is C21H23FN4OS. The van der Waals surface area contributed by atoms with Crippen LogP contribution in [0.2, 0.25) is 0 Å². The Kier molecular flexibility index (Phi) is 6.97. The number of aryl methyl sites for hydroxylation is 1. The summed E-state index contributed by atoms with van der Waals surface area (Å²) in [4.78, 5) is 9.78. The number of hydrogen-bond acceptors (Lipinski definition) is 4.